The molecule has 0 unspecified atom stereocenters. The Bertz CT molecular complexity index is 2720. The normalized spacial score (nSPS) is 11.8. The lowest BCUT2D eigenvalue weighted by molar-refractivity contribution is 0.0517. The fourth-order valence-electron chi connectivity index (χ4n) is 7.60. The van der Waals surface area contributed by atoms with Gasteiger partial charge in [0.1, 0.15) is 0 Å². The number of H-pyrrole nitrogens is 2. The molecule has 0 saturated carbocycles. The minimum absolute atomic E-state index is 0.301. The number of aromatic amines is 2. The van der Waals surface area contributed by atoms with Crippen molar-refractivity contribution in [3.63, 3.8) is 0 Å². The Hall–Kier alpha value is -7.58. The predicted octanol–water partition coefficient (Wildman–Crippen LogP) is 11.7. The number of esters is 2. The number of rotatable bonds is 8. The van der Waals surface area contributed by atoms with E-state index in [9.17, 15) is 9.59 Å². The maximum atomic E-state index is 12.6. The van der Waals surface area contributed by atoms with Gasteiger partial charge in [0.15, 0.2) is 0 Å². The van der Waals surface area contributed by atoms with Crippen molar-refractivity contribution in [1.29, 1.82) is 0 Å². The minimum atomic E-state index is -0.363. The summed E-state index contributed by atoms with van der Waals surface area (Å²) in [6.07, 6.45) is 8.20. The first-order valence-corrected chi connectivity index (χ1v) is 19.3. The van der Waals surface area contributed by atoms with Crippen molar-refractivity contribution in [2.75, 3.05) is 13.2 Å². The Balaban J connectivity index is 1.39. The molecule has 9 rings (SSSR count). The molecule has 58 heavy (non-hydrogen) atoms. The van der Waals surface area contributed by atoms with Gasteiger partial charge in [0.05, 0.1) is 47.1 Å². The number of hydrogen-bond acceptors (Lipinski definition) is 6. The molecule has 2 aliphatic heterocycles. The van der Waals surface area contributed by atoms with E-state index in [4.69, 9.17) is 19.4 Å². The standard InChI is InChI=1S/C50H38N4O4/c1-3-57-49(55)35-19-15-33(16-20-35)47-41-27-23-37(51-41)45(31-11-7-5-8-12-31)39-25-29-43(53-39)48(34-17-21-36(22-18-34)50(56)58-4-2)44-30-26-40(54-44)46(32-13-9-6-10-14-32)38-24-28-42(47)52-38/h5-30,51,54H,3-4H2,1-2H3. The molecule has 0 atom stereocenters. The highest BCUT2D eigenvalue weighted by atomic mass is 16.5. The predicted molar refractivity (Wildman–Crippen MR) is 233 cm³/mol. The Morgan fingerprint density at radius 2 is 0.707 bits per heavy atom. The molecular weight excluding hydrogens is 721 g/mol. The van der Waals surface area contributed by atoms with Crippen LogP contribution in [0, 0.1) is 0 Å². The van der Waals surface area contributed by atoms with Gasteiger partial charge in [0.25, 0.3) is 0 Å². The van der Waals surface area contributed by atoms with Crippen molar-refractivity contribution < 1.29 is 19.1 Å². The van der Waals surface area contributed by atoms with Gasteiger partial charge in [-0.15, -0.1) is 0 Å². The molecule has 5 heterocycles. The highest BCUT2D eigenvalue weighted by Crippen LogP contribution is 2.38. The lowest BCUT2D eigenvalue weighted by atomic mass is 10.0. The first-order valence-electron chi connectivity index (χ1n) is 19.3. The van der Waals surface area contributed by atoms with Gasteiger partial charge in [0.2, 0.25) is 0 Å². The Morgan fingerprint density at radius 3 is 1.00 bits per heavy atom. The fourth-order valence-corrected chi connectivity index (χ4v) is 7.60. The number of aromatic nitrogens is 4. The quantitative estimate of drug-likeness (QED) is 0.149. The van der Waals surface area contributed by atoms with Crippen molar-refractivity contribution in [2.45, 2.75) is 13.8 Å². The SMILES string of the molecule is CCOC(=O)c1ccc(-c2c3nc(c(-c4ccccc4)c4ccc([nH]4)c(-c4ccc(C(=O)OCC)cc4)c4nc(c(-c5ccccc5)c5ccc2[nH]5)C=C4)C=C3)cc1. The van der Waals surface area contributed by atoms with Crippen LogP contribution in [0.5, 0.6) is 0 Å². The third-order valence-corrected chi connectivity index (χ3v) is 10.2. The molecule has 0 amide bonds. The Morgan fingerprint density at radius 1 is 0.414 bits per heavy atom. The minimum Gasteiger partial charge on any atom is -0.462 e. The molecule has 282 valence electrons. The highest BCUT2D eigenvalue weighted by Gasteiger charge is 2.20. The third-order valence-electron chi connectivity index (χ3n) is 10.2. The number of benzene rings is 4. The number of ether oxygens (including phenoxy) is 2. The zero-order chi connectivity index (χ0) is 39.6. The average Bonchev–Trinajstić information content (AvgIpc) is 4.11. The van der Waals surface area contributed by atoms with Crippen LogP contribution in [0.4, 0.5) is 0 Å². The van der Waals surface area contributed by atoms with Gasteiger partial charge in [-0.1, -0.05) is 84.9 Å². The first-order chi connectivity index (χ1) is 28.5. The van der Waals surface area contributed by atoms with E-state index in [1.165, 1.54) is 0 Å². The van der Waals surface area contributed by atoms with Gasteiger partial charge >= 0.3 is 11.9 Å². The topological polar surface area (TPSA) is 110 Å². The van der Waals surface area contributed by atoms with Gasteiger partial charge in [-0.25, -0.2) is 19.6 Å². The number of fused-ring (bicyclic) bond motifs is 8. The van der Waals surface area contributed by atoms with Gasteiger partial charge in [0, 0.05) is 44.3 Å². The van der Waals surface area contributed by atoms with Crippen LogP contribution in [0.1, 0.15) is 57.3 Å². The van der Waals surface area contributed by atoms with Gasteiger partial charge in [-0.2, -0.15) is 0 Å². The molecule has 0 aliphatic carbocycles. The van der Waals surface area contributed by atoms with Crippen molar-refractivity contribution >= 4 is 58.3 Å². The number of nitrogens with zero attached hydrogens (tertiary/aromatic N) is 2. The largest absolute Gasteiger partial charge is 0.462 e. The van der Waals surface area contributed by atoms with Crippen LogP contribution >= 0.6 is 0 Å². The molecule has 8 nitrogen and oxygen atoms in total. The summed E-state index contributed by atoms with van der Waals surface area (Å²) in [5.41, 5.74) is 14.9. The summed E-state index contributed by atoms with van der Waals surface area (Å²) in [6.45, 7) is 4.20. The third kappa shape index (κ3) is 6.81. The molecular formula is C50H38N4O4. The van der Waals surface area contributed by atoms with E-state index in [-0.39, 0.29) is 11.9 Å². The summed E-state index contributed by atoms with van der Waals surface area (Å²) < 4.78 is 10.6. The lowest BCUT2D eigenvalue weighted by Gasteiger charge is -2.08. The van der Waals surface area contributed by atoms with Gasteiger partial charge in [-0.05, 0) is 109 Å². The Labute approximate surface area is 335 Å². The average molecular weight is 759 g/mol. The smallest absolute Gasteiger partial charge is 0.338 e. The van der Waals surface area contributed by atoms with Crippen LogP contribution in [-0.4, -0.2) is 45.1 Å². The molecule has 2 aliphatic rings. The molecule has 2 N–H and O–H groups in total. The summed E-state index contributed by atoms with van der Waals surface area (Å²) in [5, 5.41) is 0. The van der Waals surface area contributed by atoms with Crippen LogP contribution < -0.4 is 0 Å². The van der Waals surface area contributed by atoms with Crippen LogP contribution in [0.25, 0.3) is 90.9 Å². The molecule has 8 bridgehead atoms. The Kier molecular flexibility index (Phi) is 9.65. The molecule has 7 aromatic rings. The summed E-state index contributed by atoms with van der Waals surface area (Å²) in [4.78, 5) is 43.4. The van der Waals surface area contributed by atoms with E-state index >= 15 is 0 Å². The fraction of sp³-hybridized carbons (Fsp3) is 0.0800. The van der Waals surface area contributed by atoms with E-state index < -0.39 is 0 Å². The van der Waals surface area contributed by atoms with Crippen molar-refractivity contribution in [2.24, 2.45) is 0 Å². The molecule has 0 saturated heterocycles. The van der Waals surface area contributed by atoms with E-state index in [2.05, 4.69) is 70.7 Å². The van der Waals surface area contributed by atoms with E-state index in [1.807, 2.05) is 72.8 Å². The van der Waals surface area contributed by atoms with Gasteiger partial charge < -0.3 is 19.4 Å². The van der Waals surface area contributed by atoms with Crippen LogP contribution in [-0.2, 0) is 9.47 Å². The first kappa shape index (κ1) is 36.1. The van der Waals surface area contributed by atoms with Crippen LogP contribution in [0.15, 0.2) is 133 Å². The summed E-state index contributed by atoms with van der Waals surface area (Å²) in [6, 6.07) is 43.7. The molecule has 3 aromatic heterocycles. The molecule has 0 spiro atoms. The number of hydrogen-bond donors (Lipinski definition) is 2. The zero-order valence-corrected chi connectivity index (χ0v) is 32.0. The molecule has 8 heteroatoms. The van der Waals surface area contributed by atoms with Crippen molar-refractivity contribution in [1.82, 2.24) is 19.9 Å². The maximum absolute atomic E-state index is 12.6. The summed E-state index contributed by atoms with van der Waals surface area (Å²) in [7, 11) is 0. The second-order valence-corrected chi connectivity index (χ2v) is 13.8. The maximum Gasteiger partial charge on any atom is 0.338 e. The van der Waals surface area contributed by atoms with Crippen LogP contribution in [0.3, 0.4) is 0 Å². The number of carbonyl (C=O) groups excluding carboxylic acids is 2. The monoisotopic (exact) mass is 758 g/mol. The van der Waals surface area contributed by atoms with Crippen LogP contribution in [0.2, 0.25) is 0 Å². The van der Waals surface area contributed by atoms with E-state index in [0.717, 1.165) is 89.4 Å². The number of carbonyl (C=O) groups is 2. The van der Waals surface area contributed by atoms with E-state index in [1.54, 1.807) is 38.1 Å². The van der Waals surface area contributed by atoms with Gasteiger partial charge in [-0.3, -0.25) is 0 Å². The molecule has 4 aromatic carbocycles. The lowest BCUT2D eigenvalue weighted by Crippen LogP contribution is -2.04. The van der Waals surface area contributed by atoms with Crippen molar-refractivity contribution in [3.8, 4) is 44.5 Å². The summed E-state index contributed by atoms with van der Waals surface area (Å²) >= 11 is 0. The molecule has 0 radical (unpaired) electrons. The zero-order valence-electron chi connectivity index (χ0n) is 32.0. The second kappa shape index (κ2) is 15.5. The van der Waals surface area contributed by atoms with Crippen molar-refractivity contribution in [3.05, 3.63) is 167 Å². The second-order valence-electron chi connectivity index (χ2n) is 13.8. The highest BCUT2D eigenvalue weighted by molar-refractivity contribution is 6.00. The number of nitrogens with one attached hydrogen (secondary N) is 2. The molecule has 0 fully saturated rings. The van der Waals surface area contributed by atoms with E-state index in [0.29, 0.717) is 24.3 Å². The summed E-state index contributed by atoms with van der Waals surface area (Å²) in [5.74, 6) is -0.726.